The maximum Gasteiger partial charge on any atom is 0.120 e. The zero-order valence-corrected chi connectivity index (χ0v) is 13.6. The van der Waals surface area contributed by atoms with Crippen LogP contribution < -0.4 is 10.1 Å². The summed E-state index contributed by atoms with van der Waals surface area (Å²) in [6.07, 6.45) is 1.19. The number of rotatable bonds is 10. The topological polar surface area (TPSA) is 24.5 Å². The Kier molecular flexibility index (Phi) is 8.88. The van der Waals surface area contributed by atoms with Crippen LogP contribution in [0.1, 0.15) is 20.3 Å². The van der Waals surface area contributed by atoms with Gasteiger partial charge in [0.15, 0.2) is 0 Å². The molecule has 0 bridgehead atoms. The van der Waals surface area contributed by atoms with Gasteiger partial charge in [-0.15, -0.1) is 0 Å². The van der Waals surface area contributed by atoms with Crippen LogP contribution in [0.5, 0.6) is 5.75 Å². The Hall–Kier alpha value is -0.580. The summed E-state index contributed by atoms with van der Waals surface area (Å²) in [5.41, 5.74) is 0. The lowest BCUT2D eigenvalue weighted by molar-refractivity contribution is 0.290. The quantitative estimate of drug-likeness (QED) is 0.668. The van der Waals surface area contributed by atoms with Gasteiger partial charge in [-0.05, 0) is 50.8 Å². The van der Waals surface area contributed by atoms with Gasteiger partial charge in [0, 0.05) is 11.0 Å². The van der Waals surface area contributed by atoms with E-state index in [0.717, 1.165) is 36.4 Å². The molecule has 0 spiro atoms. The molecule has 1 rings (SSSR count). The second-order valence-corrected chi connectivity index (χ2v) is 5.35. The Morgan fingerprint density at radius 3 is 2.68 bits per heavy atom. The van der Waals surface area contributed by atoms with Gasteiger partial charge in [-0.25, -0.2) is 0 Å². The summed E-state index contributed by atoms with van der Waals surface area (Å²) in [7, 11) is 0. The van der Waals surface area contributed by atoms with Gasteiger partial charge in [-0.1, -0.05) is 35.8 Å². The van der Waals surface area contributed by atoms with Crippen LogP contribution in [-0.4, -0.2) is 44.2 Å². The first-order valence-corrected chi connectivity index (χ1v) is 7.87. The number of nitrogens with zero attached hydrogens (tertiary/aromatic N) is 1. The van der Waals surface area contributed by atoms with Crippen LogP contribution in [0, 0.1) is 0 Å². The normalized spacial score (nSPS) is 10.9. The molecule has 0 aliphatic rings. The summed E-state index contributed by atoms with van der Waals surface area (Å²) in [4.78, 5) is 2.44. The van der Waals surface area contributed by atoms with Crippen LogP contribution in [0.3, 0.4) is 0 Å². The lowest BCUT2D eigenvalue weighted by Crippen LogP contribution is -2.28. The zero-order chi connectivity index (χ0) is 13.9. The molecule has 0 aliphatic carbocycles. The molecule has 1 N–H and O–H groups in total. The number of halogens is 1. The number of hydrogen-bond acceptors (Lipinski definition) is 3. The molecule has 0 saturated carbocycles. The molecule has 1 aromatic carbocycles. The average Bonchev–Trinajstić information content (AvgIpc) is 2.42. The average molecular weight is 329 g/mol. The summed E-state index contributed by atoms with van der Waals surface area (Å²) >= 11 is 3.43. The summed E-state index contributed by atoms with van der Waals surface area (Å²) in [6.45, 7) is 10.5. The predicted molar refractivity (Wildman–Crippen MR) is 84.9 cm³/mol. The van der Waals surface area contributed by atoms with Gasteiger partial charge in [0.1, 0.15) is 12.4 Å². The fourth-order valence-electron chi connectivity index (χ4n) is 1.89. The molecule has 4 heteroatoms. The second kappa shape index (κ2) is 10.2. The third-order valence-corrected chi connectivity index (χ3v) is 3.56. The van der Waals surface area contributed by atoms with Crippen LogP contribution in [0.4, 0.5) is 0 Å². The maximum absolute atomic E-state index is 5.65. The van der Waals surface area contributed by atoms with Crippen molar-refractivity contribution < 1.29 is 4.74 Å². The van der Waals surface area contributed by atoms with Crippen LogP contribution >= 0.6 is 15.9 Å². The highest BCUT2D eigenvalue weighted by molar-refractivity contribution is 9.10. The van der Waals surface area contributed by atoms with Crippen LogP contribution in [0.15, 0.2) is 28.7 Å². The highest BCUT2D eigenvalue weighted by atomic mass is 79.9. The van der Waals surface area contributed by atoms with E-state index < -0.39 is 0 Å². The largest absolute Gasteiger partial charge is 0.492 e. The lowest BCUT2D eigenvalue weighted by Gasteiger charge is -2.17. The molecule has 0 amide bonds. The molecule has 1 aromatic rings. The van der Waals surface area contributed by atoms with Crippen molar-refractivity contribution in [3.8, 4) is 5.75 Å². The molecule has 0 unspecified atom stereocenters. The summed E-state index contributed by atoms with van der Waals surface area (Å²) in [6, 6.07) is 7.95. The van der Waals surface area contributed by atoms with E-state index in [2.05, 4.69) is 40.0 Å². The fourth-order valence-corrected chi connectivity index (χ4v) is 2.27. The molecule has 0 radical (unpaired) electrons. The number of ether oxygens (including phenoxy) is 1. The van der Waals surface area contributed by atoms with E-state index in [-0.39, 0.29) is 0 Å². The molecule has 0 saturated heterocycles. The predicted octanol–water partition coefficient (Wildman–Crippen LogP) is 3.15. The molecule has 19 heavy (non-hydrogen) atoms. The van der Waals surface area contributed by atoms with Gasteiger partial charge < -0.3 is 15.0 Å². The highest BCUT2D eigenvalue weighted by Gasteiger charge is 1.98. The third-order valence-electron chi connectivity index (χ3n) is 3.07. The maximum atomic E-state index is 5.65. The monoisotopic (exact) mass is 328 g/mol. The Bertz CT molecular complexity index is 343. The van der Waals surface area contributed by atoms with Crippen molar-refractivity contribution in [1.29, 1.82) is 0 Å². The van der Waals surface area contributed by atoms with E-state index in [1.165, 1.54) is 13.0 Å². The van der Waals surface area contributed by atoms with Crippen molar-refractivity contribution >= 4 is 15.9 Å². The molecular formula is C15H25BrN2O. The van der Waals surface area contributed by atoms with Gasteiger partial charge in [-0.3, -0.25) is 0 Å². The number of hydrogen-bond donors (Lipinski definition) is 1. The van der Waals surface area contributed by atoms with Gasteiger partial charge >= 0.3 is 0 Å². The molecule has 0 aromatic heterocycles. The first-order chi connectivity index (χ1) is 9.26. The minimum Gasteiger partial charge on any atom is -0.492 e. The highest BCUT2D eigenvalue weighted by Crippen LogP contribution is 2.17. The minimum atomic E-state index is 0.710. The molecule has 0 aliphatic heterocycles. The summed E-state index contributed by atoms with van der Waals surface area (Å²) in [5.74, 6) is 0.916. The molecule has 0 atom stereocenters. The molecule has 108 valence electrons. The summed E-state index contributed by atoms with van der Waals surface area (Å²) < 4.78 is 6.71. The van der Waals surface area contributed by atoms with E-state index in [9.17, 15) is 0 Å². The first-order valence-electron chi connectivity index (χ1n) is 7.07. The zero-order valence-electron chi connectivity index (χ0n) is 12.0. The van der Waals surface area contributed by atoms with E-state index in [1.807, 2.05) is 24.3 Å². The fraction of sp³-hybridized carbons (Fsp3) is 0.600. The summed E-state index contributed by atoms with van der Waals surface area (Å²) in [5, 5.41) is 3.41. The molecule has 3 nitrogen and oxygen atoms in total. The Balaban J connectivity index is 1.99. The SMILES string of the molecule is CCN(CC)CCCNCCOc1cccc(Br)c1. The van der Waals surface area contributed by atoms with Crippen LogP contribution in [-0.2, 0) is 0 Å². The number of benzene rings is 1. The minimum absolute atomic E-state index is 0.710. The van der Waals surface area contributed by atoms with Crippen LogP contribution in [0.25, 0.3) is 0 Å². The van der Waals surface area contributed by atoms with Gasteiger partial charge in [0.05, 0.1) is 0 Å². The van der Waals surface area contributed by atoms with E-state index in [4.69, 9.17) is 4.74 Å². The van der Waals surface area contributed by atoms with Gasteiger partial charge in [-0.2, -0.15) is 0 Å². The smallest absolute Gasteiger partial charge is 0.120 e. The Labute approximate surface area is 125 Å². The standard InChI is InChI=1S/C15H25BrN2O/c1-3-18(4-2)11-6-9-17-10-12-19-15-8-5-7-14(16)13-15/h5,7-8,13,17H,3-4,6,9-12H2,1-2H3. The third kappa shape index (κ3) is 7.55. The van der Waals surface area contributed by atoms with Crippen molar-refractivity contribution in [3.05, 3.63) is 28.7 Å². The van der Waals surface area contributed by atoms with E-state index in [0.29, 0.717) is 6.61 Å². The second-order valence-electron chi connectivity index (χ2n) is 4.44. The number of nitrogens with one attached hydrogen (secondary N) is 1. The van der Waals surface area contributed by atoms with Crippen molar-refractivity contribution in [3.63, 3.8) is 0 Å². The first kappa shape index (κ1) is 16.5. The van der Waals surface area contributed by atoms with Crippen molar-refractivity contribution in [1.82, 2.24) is 10.2 Å². The molecule has 0 fully saturated rings. The Morgan fingerprint density at radius 1 is 1.21 bits per heavy atom. The van der Waals surface area contributed by atoms with Crippen molar-refractivity contribution in [2.24, 2.45) is 0 Å². The van der Waals surface area contributed by atoms with Crippen molar-refractivity contribution in [2.45, 2.75) is 20.3 Å². The lowest BCUT2D eigenvalue weighted by atomic mass is 10.3. The van der Waals surface area contributed by atoms with Gasteiger partial charge in [0.25, 0.3) is 0 Å². The van der Waals surface area contributed by atoms with Crippen LogP contribution in [0.2, 0.25) is 0 Å². The Morgan fingerprint density at radius 2 is 2.00 bits per heavy atom. The van der Waals surface area contributed by atoms with E-state index in [1.54, 1.807) is 0 Å². The van der Waals surface area contributed by atoms with Gasteiger partial charge in [0.2, 0.25) is 0 Å². The molecule has 0 heterocycles. The van der Waals surface area contributed by atoms with E-state index >= 15 is 0 Å². The molecular weight excluding hydrogens is 304 g/mol. The van der Waals surface area contributed by atoms with Crippen molar-refractivity contribution in [2.75, 3.05) is 39.3 Å².